The maximum atomic E-state index is 14.2. The summed E-state index contributed by atoms with van der Waals surface area (Å²) in [6, 6.07) is 12.6. The molecule has 0 saturated carbocycles. The van der Waals surface area contributed by atoms with Crippen molar-refractivity contribution in [3.05, 3.63) is 64.8 Å². The van der Waals surface area contributed by atoms with Gasteiger partial charge in [-0.2, -0.15) is 0 Å². The molecule has 6 rings (SSSR count). The summed E-state index contributed by atoms with van der Waals surface area (Å²) >= 11 is 1.56. The van der Waals surface area contributed by atoms with Gasteiger partial charge >= 0.3 is 0 Å². The molecule has 2 aromatic carbocycles. The molecule has 1 saturated heterocycles. The number of fused-ring (bicyclic) bond motifs is 2. The van der Waals surface area contributed by atoms with Crippen LogP contribution >= 0.6 is 11.3 Å². The van der Waals surface area contributed by atoms with Crippen molar-refractivity contribution < 1.29 is 18.7 Å². The number of thiophene rings is 1. The molecule has 2 N–H and O–H groups in total. The monoisotopic (exact) mass is 490 g/mol. The molecule has 0 spiro atoms. The Bertz CT molecular complexity index is 1420. The van der Waals surface area contributed by atoms with E-state index in [1.54, 1.807) is 17.4 Å². The zero-order valence-corrected chi connectivity index (χ0v) is 19.7. The van der Waals surface area contributed by atoms with Crippen molar-refractivity contribution in [2.75, 3.05) is 26.4 Å². The van der Waals surface area contributed by atoms with Crippen LogP contribution in [0.1, 0.15) is 11.1 Å². The minimum Gasteiger partial charge on any atom is -0.491 e. The molecule has 1 fully saturated rings. The Morgan fingerprint density at radius 2 is 2.03 bits per heavy atom. The molecule has 0 bridgehead atoms. The molecule has 4 aromatic rings. The SMILES string of the molecule is O=C1Cc2ccc(-c3nnc(-c4ccc(F)cc4OCC4COCCN4)c4sccc34)cc2CN1. The number of hydrogen-bond acceptors (Lipinski definition) is 7. The largest absolute Gasteiger partial charge is 0.491 e. The molecular formula is C26H23FN4O3S. The van der Waals surface area contributed by atoms with Gasteiger partial charge in [-0.25, -0.2) is 4.39 Å². The Hall–Kier alpha value is -3.40. The molecule has 2 aromatic heterocycles. The number of morpholine rings is 1. The highest BCUT2D eigenvalue weighted by molar-refractivity contribution is 7.17. The first-order chi connectivity index (χ1) is 17.2. The zero-order chi connectivity index (χ0) is 23.8. The molecule has 0 aliphatic carbocycles. The summed E-state index contributed by atoms with van der Waals surface area (Å²) in [6.45, 7) is 2.87. The van der Waals surface area contributed by atoms with Gasteiger partial charge in [0.25, 0.3) is 0 Å². The summed E-state index contributed by atoms with van der Waals surface area (Å²) < 4.78 is 26.6. The highest BCUT2D eigenvalue weighted by Gasteiger charge is 2.21. The third-order valence-electron chi connectivity index (χ3n) is 6.33. The van der Waals surface area contributed by atoms with Gasteiger partial charge in [0.15, 0.2) is 0 Å². The van der Waals surface area contributed by atoms with Crippen LogP contribution in [0.2, 0.25) is 0 Å². The van der Waals surface area contributed by atoms with Crippen molar-refractivity contribution in [3.8, 4) is 28.3 Å². The van der Waals surface area contributed by atoms with Crippen LogP contribution in [0, 0.1) is 5.82 Å². The van der Waals surface area contributed by atoms with E-state index in [9.17, 15) is 9.18 Å². The first-order valence-electron chi connectivity index (χ1n) is 11.5. The van der Waals surface area contributed by atoms with Crippen molar-refractivity contribution >= 4 is 27.3 Å². The average molecular weight is 491 g/mol. The number of carbonyl (C=O) groups is 1. The van der Waals surface area contributed by atoms with E-state index < -0.39 is 0 Å². The maximum absolute atomic E-state index is 14.2. The molecule has 9 heteroatoms. The number of nitrogens with zero attached hydrogens (tertiary/aromatic N) is 2. The maximum Gasteiger partial charge on any atom is 0.224 e. The van der Waals surface area contributed by atoms with Crippen LogP contribution in [0.15, 0.2) is 47.8 Å². The van der Waals surface area contributed by atoms with Crippen LogP contribution < -0.4 is 15.4 Å². The topological polar surface area (TPSA) is 85.4 Å². The van der Waals surface area contributed by atoms with E-state index in [0.717, 1.165) is 39.0 Å². The summed E-state index contributed by atoms with van der Waals surface area (Å²) in [7, 11) is 0. The van der Waals surface area contributed by atoms with E-state index in [-0.39, 0.29) is 17.8 Å². The summed E-state index contributed by atoms with van der Waals surface area (Å²) in [4.78, 5) is 11.7. The fourth-order valence-corrected chi connectivity index (χ4v) is 5.43. The predicted molar refractivity (Wildman–Crippen MR) is 132 cm³/mol. The number of nitrogens with one attached hydrogen (secondary N) is 2. The van der Waals surface area contributed by atoms with Gasteiger partial charge in [-0.15, -0.1) is 21.5 Å². The summed E-state index contributed by atoms with van der Waals surface area (Å²) in [5.41, 5.74) is 5.20. The number of benzene rings is 2. The molecule has 4 heterocycles. The molecule has 7 nitrogen and oxygen atoms in total. The first-order valence-corrected chi connectivity index (χ1v) is 12.4. The number of ether oxygens (including phenoxy) is 2. The molecule has 178 valence electrons. The van der Waals surface area contributed by atoms with Gasteiger partial charge in [-0.1, -0.05) is 12.1 Å². The Balaban J connectivity index is 1.37. The summed E-state index contributed by atoms with van der Waals surface area (Å²) in [5.74, 6) is 0.0992. The fraction of sp³-hybridized carbons (Fsp3) is 0.269. The number of aromatic nitrogens is 2. The van der Waals surface area contributed by atoms with E-state index in [0.29, 0.717) is 49.8 Å². The molecule has 2 aliphatic rings. The van der Waals surface area contributed by atoms with Gasteiger partial charge in [0.05, 0.1) is 30.4 Å². The average Bonchev–Trinajstić information content (AvgIpc) is 3.38. The van der Waals surface area contributed by atoms with Gasteiger partial charge in [0, 0.05) is 35.7 Å². The van der Waals surface area contributed by atoms with Crippen LogP contribution in [0.5, 0.6) is 5.75 Å². The van der Waals surface area contributed by atoms with E-state index in [4.69, 9.17) is 9.47 Å². The van der Waals surface area contributed by atoms with Crippen LogP contribution in [-0.4, -0.2) is 48.5 Å². The molecule has 1 unspecified atom stereocenters. The van der Waals surface area contributed by atoms with Crippen molar-refractivity contribution in [3.63, 3.8) is 0 Å². The van der Waals surface area contributed by atoms with Crippen molar-refractivity contribution in [2.24, 2.45) is 0 Å². The van der Waals surface area contributed by atoms with E-state index in [2.05, 4.69) is 26.9 Å². The first kappa shape index (κ1) is 22.1. The third-order valence-corrected chi connectivity index (χ3v) is 7.25. The Kier molecular flexibility index (Phi) is 5.89. The number of rotatable bonds is 5. The molecule has 1 atom stereocenters. The lowest BCUT2D eigenvalue weighted by Crippen LogP contribution is -2.44. The van der Waals surface area contributed by atoms with E-state index >= 15 is 0 Å². The Morgan fingerprint density at radius 3 is 2.91 bits per heavy atom. The lowest BCUT2D eigenvalue weighted by molar-refractivity contribution is -0.121. The van der Waals surface area contributed by atoms with Crippen LogP contribution in [0.25, 0.3) is 32.6 Å². The van der Waals surface area contributed by atoms with Crippen LogP contribution in [0.4, 0.5) is 4.39 Å². The quantitative estimate of drug-likeness (QED) is 0.444. The summed E-state index contributed by atoms with van der Waals surface area (Å²) in [6.07, 6.45) is 0.393. The third kappa shape index (κ3) is 4.38. The highest BCUT2D eigenvalue weighted by atomic mass is 32.1. The Labute approximate surface area is 205 Å². The fourth-order valence-electron chi connectivity index (χ4n) is 4.54. The number of halogens is 1. The minimum absolute atomic E-state index is 0.0405. The predicted octanol–water partition coefficient (Wildman–Crippen LogP) is 3.70. The second-order valence-electron chi connectivity index (χ2n) is 8.68. The van der Waals surface area contributed by atoms with Gasteiger partial charge in [-0.05, 0) is 40.8 Å². The van der Waals surface area contributed by atoms with Crippen LogP contribution in [-0.2, 0) is 22.5 Å². The standard InChI is InChI=1S/C26H23FN4O3S/c27-18-3-4-20(22(11-18)34-14-19-13-33-7-6-28-19)25-26-21(5-8-35-26)24(30-31-25)16-2-1-15-10-23(32)29-12-17(15)9-16/h1-5,8-9,11,19,28H,6-7,10,12-14H2,(H,29,32). The van der Waals surface area contributed by atoms with Crippen molar-refractivity contribution in [1.29, 1.82) is 0 Å². The molecule has 35 heavy (non-hydrogen) atoms. The van der Waals surface area contributed by atoms with Crippen LogP contribution in [0.3, 0.4) is 0 Å². The lowest BCUT2D eigenvalue weighted by atomic mass is 9.96. The second-order valence-corrected chi connectivity index (χ2v) is 9.59. The zero-order valence-electron chi connectivity index (χ0n) is 18.8. The van der Waals surface area contributed by atoms with Crippen molar-refractivity contribution in [1.82, 2.24) is 20.8 Å². The second kappa shape index (κ2) is 9.33. The summed E-state index contributed by atoms with van der Waals surface area (Å²) in [5, 5.41) is 18.4. The van der Waals surface area contributed by atoms with Gasteiger partial charge in [-0.3, -0.25) is 4.79 Å². The van der Waals surface area contributed by atoms with E-state index in [1.807, 2.05) is 23.6 Å². The highest BCUT2D eigenvalue weighted by Crippen LogP contribution is 2.39. The Morgan fingerprint density at radius 1 is 1.11 bits per heavy atom. The number of hydrogen-bond donors (Lipinski definition) is 2. The number of carbonyl (C=O) groups excluding carboxylic acids is 1. The number of amides is 1. The lowest BCUT2D eigenvalue weighted by Gasteiger charge is -2.24. The van der Waals surface area contributed by atoms with Crippen molar-refractivity contribution in [2.45, 2.75) is 19.0 Å². The molecule has 2 aliphatic heterocycles. The van der Waals surface area contributed by atoms with Gasteiger partial charge in [0.2, 0.25) is 5.91 Å². The smallest absolute Gasteiger partial charge is 0.224 e. The molecule has 1 amide bonds. The molecule has 0 radical (unpaired) electrons. The van der Waals surface area contributed by atoms with E-state index in [1.165, 1.54) is 12.1 Å². The minimum atomic E-state index is -0.371. The van der Waals surface area contributed by atoms with Gasteiger partial charge in [0.1, 0.15) is 29.6 Å². The van der Waals surface area contributed by atoms with Gasteiger partial charge < -0.3 is 20.1 Å². The molecular weight excluding hydrogens is 467 g/mol. The normalized spacial score (nSPS) is 17.7.